The normalized spacial score (nSPS) is 22.6. The fourth-order valence-electron chi connectivity index (χ4n) is 2.87. The largest absolute Gasteiger partial charge is 0.497 e. The molecule has 1 aliphatic carbocycles. The Balaban J connectivity index is 2.56. The highest BCUT2D eigenvalue weighted by Gasteiger charge is 2.40. The average Bonchev–Trinajstić information content (AvgIpc) is 2.57. The van der Waals surface area contributed by atoms with Crippen LogP contribution in [-0.4, -0.2) is 15.4 Å². The summed E-state index contributed by atoms with van der Waals surface area (Å²) >= 11 is 0. The number of benzene rings is 1. The molecule has 0 aromatic heterocycles. The summed E-state index contributed by atoms with van der Waals surface area (Å²) in [5.74, 6) is 0.796. The molecule has 1 aromatic carbocycles. The second kappa shape index (κ2) is 5.59. The van der Waals surface area contributed by atoms with Gasteiger partial charge in [-0.2, -0.15) is 5.26 Å². The molecule has 1 atom stereocenters. The Morgan fingerprint density at radius 2 is 2.00 bits per heavy atom. The van der Waals surface area contributed by atoms with Crippen LogP contribution < -0.4 is 4.74 Å². The zero-order valence-corrected chi connectivity index (χ0v) is 13.8. The van der Waals surface area contributed by atoms with E-state index < -0.39 is 13.9 Å². The Labute approximate surface area is 122 Å². The highest BCUT2D eigenvalue weighted by atomic mass is 28.4. The molecule has 1 aliphatic rings. The second-order valence-electron chi connectivity index (χ2n) is 6.38. The molecule has 0 aliphatic heterocycles. The minimum atomic E-state index is -1.82. The molecule has 0 saturated carbocycles. The molecule has 20 heavy (non-hydrogen) atoms. The van der Waals surface area contributed by atoms with Crippen molar-refractivity contribution in [2.24, 2.45) is 0 Å². The van der Waals surface area contributed by atoms with Crippen molar-refractivity contribution in [2.45, 2.75) is 50.9 Å². The molecule has 0 N–H and O–H groups in total. The summed E-state index contributed by atoms with van der Waals surface area (Å²) in [5, 5.41) is 9.85. The Hall–Kier alpha value is -1.31. The zero-order chi connectivity index (χ0) is 14.8. The van der Waals surface area contributed by atoms with E-state index in [9.17, 15) is 5.26 Å². The van der Waals surface area contributed by atoms with Crippen LogP contribution in [0.25, 0.3) is 0 Å². The Kier molecular flexibility index (Phi) is 4.21. The van der Waals surface area contributed by atoms with Crippen molar-refractivity contribution in [3.8, 4) is 11.8 Å². The predicted octanol–water partition coefficient (Wildman–Crippen LogP) is 3.99. The van der Waals surface area contributed by atoms with Crippen molar-refractivity contribution in [1.82, 2.24) is 0 Å². The molecule has 1 aromatic rings. The highest BCUT2D eigenvalue weighted by Crippen LogP contribution is 2.40. The number of aryl methyl sites for hydroxylation is 1. The first kappa shape index (κ1) is 15.1. The molecule has 0 spiro atoms. The van der Waals surface area contributed by atoms with Gasteiger partial charge >= 0.3 is 0 Å². The van der Waals surface area contributed by atoms with Crippen LogP contribution in [0, 0.1) is 11.3 Å². The lowest BCUT2D eigenvalue weighted by Crippen LogP contribution is -2.40. The number of nitriles is 1. The molecule has 1 unspecified atom stereocenters. The van der Waals surface area contributed by atoms with Gasteiger partial charge in [0.15, 0.2) is 13.9 Å². The highest BCUT2D eigenvalue weighted by molar-refractivity contribution is 6.69. The molecule has 108 valence electrons. The van der Waals surface area contributed by atoms with E-state index in [0.717, 1.165) is 37.0 Å². The van der Waals surface area contributed by atoms with Gasteiger partial charge < -0.3 is 9.16 Å². The first-order valence-corrected chi connectivity index (χ1v) is 10.6. The van der Waals surface area contributed by atoms with Crippen molar-refractivity contribution < 1.29 is 9.16 Å². The second-order valence-corrected chi connectivity index (χ2v) is 10.8. The van der Waals surface area contributed by atoms with E-state index in [2.05, 4.69) is 31.8 Å². The van der Waals surface area contributed by atoms with Crippen molar-refractivity contribution in [3.05, 3.63) is 29.3 Å². The molecular weight excluding hydrogens is 266 g/mol. The molecule has 0 radical (unpaired) electrons. The molecule has 0 amide bonds. The monoisotopic (exact) mass is 289 g/mol. The number of hydrogen-bond donors (Lipinski definition) is 0. The van der Waals surface area contributed by atoms with Crippen LogP contribution in [-0.2, 0) is 16.4 Å². The fourth-order valence-corrected chi connectivity index (χ4v) is 4.17. The Morgan fingerprint density at radius 3 is 2.60 bits per heavy atom. The van der Waals surface area contributed by atoms with Gasteiger partial charge in [-0.25, -0.2) is 0 Å². The lowest BCUT2D eigenvalue weighted by atomic mass is 9.89. The van der Waals surface area contributed by atoms with Gasteiger partial charge in [0, 0.05) is 5.56 Å². The smallest absolute Gasteiger partial charge is 0.186 e. The van der Waals surface area contributed by atoms with E-state index in [0.29, 0.717) is 0 Å². The van der Waals surface area contributed by atoms with Crippen LogP contribution in [0.5, 0.6) is 5.75 Å². The SMILES string of the molecule is COc1ccc2c(c1)C(C#N)(O[Si](C)(C)C)CCCC2. The van der Waals surface area contributed by atoms with Gasteiger partial charge in [-0.1, -0.05) is 6.07 Å². The molecule has 0 saturated heterocycles. The molecule has 2 rings (SSSR count). The summed E-state index contributed by atoms with van der Waals surface area (Å²) < 4.78 is 11.7. The van der Waals surface area contributed by atoms with E-state index >= 15 is 0 Å². The third-order valence-corrected chi connectivity index (χ3v) is 4.60. The number of nitrogens with zero attached hydrogens (tertiary/aromatic N) is 1. The maximum atomic E-state index is 9.85. The summed E-state index contributed by atoms with van der Waals surface area (Å²) in [6, 6.07) is 8.52. The van der Waals surface area contributed by atoms with Crippen LogP contribution in [0.15, 0.2) is 18.2 Å². The lowest BCUT2D eigenvalue weighted by Gasteiger charge is -2.34. The predicted molar refractivity (Wildman–Crippen MR) is 82.3 cm³/mol. The van der Waals surface area contributed by atoms with Gasteiger partial charge in [0.1, 0.15) is 11.8 Å². The van der Waals surface area contributed by atoms with Gasteiger partial charge in [0.05, 0.1) is 7.11 Å². The van der Waals surface area contributed by atoms with E-state index in [1.165, 1.54) is 5.56 Å². The van der Waals surface area contributed by atoms with Crippen molar-refractivity contribution >= 4 is 8.32 Å². The summed E-state index contributed by atoms with van der Waals surface area (Å²) in [5.41, 5.74) is 1.44. The summed E-state index contributed by atoms with van der Waals surface area (Å²) in [6.07, 6.45) is 3.92. The summed E-state index contributed by atoms with van der Waals surface area (Å²) in [7, 11) is -0.161. The van der Waals surface area contributed by atoms with Crippen LogP contribution >= 0.6 is 0 Å². The minimum Gasteiger partial charge on any atom is -0.497 e. The number of rotatable bonds is 3. The maximum absolute atomic E-state index is 9.85. The molecule has 3 nitrogen and oxygen atoms in total. The van der Waals surface area contributed by atoms with Gasteiger partial charge in [-0.05, 0) is 63.0 Å². The Bertz CT molecular complexity index is 530. The standard InChI is InChI=1S/C16H23NO2Si/c1-18-14-9-8-13-7-5-6-10-16(12-17,15(13)11-14)19-20(2,3)4/h8-9,11H,5-7,10H2,1-4H3. The molecule has 0 fully saturated rings. The van der Waals surface area contributed by atoms with Gasteiger partial charge in [-0.15, -0.1) is 0 Å². The van der Waals surface area contributed by atoms with E-state index in [1.54, 1.807) is 7.11 Å². The first-order chi connectivity index (χ1) is 9.40. The Morgan fingerprint density at radius 1 is 1.25 bits per heavy atom. The van der Waals surface area contributed by atoms with Crippen molar-refractivity contribution in [3.63, 3.8) is 0 Å². The fraction of sp³-hybridized carbons (Fsp3) is 0.562. The topological polar surface area (TPSA) is 42.2 Å². The number of fused-ring (bicyclic) bond motifs is 1. The third kappa shape index (κ3) is 3.05. The van der Waals surface area contributed by atoms with Gasteiger partial charge in [0.25, 0.3) is 0 Å². The number of methoxy groups -OCH3 is 1. The average molecular weight is 289 g/mol. The van der Waals surface area contributed by atoms with Crippen molar-refractivity contribution in [2.75, 3.05) is 7.11 Å². The molecule has 4 heteroatoms. The van der Waals surface area contributed by atoms with E-state index in [-0.39, 0.29) is 0 Å². The quantitative estimate of drug-likeness (QED) is 0.624. The van der Waals surface area contributed by atoms with Crippen LogP contribution in [0.2, 0.25) is 19.6 Å². The molecule has 0 heterocycles. The van der Waals surface area contributed by atoms with Gasteiger partial charge in [-0.3, -0.25) is 0 Å². The zero-order valence-electron chi connectivity index (χ0n) is 12.8. The van der Waals surface area contributed by atoms with Gasteiger partial charge in [0.2, 0.25) is 0 Å². The third-order valence-electron chi connectivity index (χ3n) is 3.64. The maximum Gasteiger partial charge on any atom is 0.186 e. The minimum absolute atomic E-state index is 0.772. The van der Waals surface area contributed by atoms with Crippen LogP contribution in [0.3, 0.4) is 0 Å². The number of hydrogen-bond acceptors (Lipinski definition) is 3. The van der Waals surface area contributed by atoms with Crippen LogP contribution in [0.1, 0.15) is 30.4 Å². The van der Waals surface area contributed by atoms with Crippen molar-refractivity contribution in [1.29, 1.82) is 5.26 Å². The summed E-state index contributed by atoms with van der Waals surface area (Å²) in [4.78, 5) is 0. The van der Waals surface area contributed by atoms with E-state index in [4.69, 9.17) is 9.16 Å². The lowest BCUT2D eigenvalue weighted by molar-refractivity contribution is 0.108. The first-order valence-electron chi connectivity index (χ1n) is 7.19. The molecular formula is C16H23NO2Si. The molecule has 0 bridgehead atoms. The van der Waals surface area contributed by atoms with Crippen LogP contribution in [0.4, 0.5) is 0 Å². The van der Waals surface area contributed by atoms with E-state index in [1.807, 2.05) is 12.1 Å². The summed E-state index contributed by atoms with van der Waals surface area (Å²) in [6.45, 7) is 6.41. The number of ether oxygens (including phenoxy) is 1.